The van der Waals surface area contributed by atoms with Crippen LogP contribution >= 0.6 is 0 Å². The molecule has 0 rings (SSSR count). The van der Waals surface area contributed by atoms with Crippen molar-refractivity contribution >= 4 is 0 Å². The quantitative estimate of drug-likeness (QED) is 0.320. The third-order valence-electron chi connectivity index (χ3n) is 0.772. The largest absolute Gasteiger partial charge is 0.342 e. The second kappa shape index (κ2) is 5.61. The molecule has 0 bridgehead atoms. The summed E-state index contributed by atoms with van der Waals surface area (Å²) in [5, 5.41) is 0. The zero-order chi connectivity index (χ0) is 7.11. The Morgan fingerprint density at radius 1 is 1.33 bits per heavy atom. The monoisotopic (exact) mass is 129 g/mol. The Morgan fingerprint density at radius 3 is 2.00 bits per heavy atom. The maximum atomic E-state index is 5.04. The average molecular weight is 129 g/mol. The van der Waals surface area contributed by atoms with Gasteiger partial charge in [0.2, 0.25) is 6.29 Å². The Bertz CT molecular complexity index is 87.6. The molecular formula is C7H12O2. The number of ether oxygens (including phenoxy) is 2. The van der Waals surface area contributed by atoms with Crippen LogP contribution in [-0.2, 0) is 9.47 Å². The van der Waals surface area contributed by atoms with Gasteiger partial charge in [-0.1, -0.05) is 0 Å². The molecule has 0 amide bonds. The molecule has 52 valence electrons. The van der Waals surface area contributed by atoms with Gasteiger partial charge in [0.15, 0.2) is 0 Å². The molecule has 0 aliphatic heterocycles. The van der Waals surface area contributed by atoms with Crippen LogP contribution in [-0.4, -0.2) is 19.5 Å². The molecule has 9 heavy (non-hydrogen) atoms. The molecular weight excluding hydrogens is 117 g/mol. The minimum atomic E-state index is -0.458. The maximum Gasteiger partial charge on any atom is 0.222 e. The van der Waals surface area contributed by atoms with Crippen LogP contribution in [0.3, 0.4) is 0 Å². The van der Waals surface area contributed by atoms with Gasteiger partial charge in [0.05, 0.1) is 0 Å². The molecule has 0 aromatic heterocycles. The SMILES string of the molecule is C#C[13CH](OCC)OCC. The van der Waals surface area contributed by atoms with Gasteiger partial charge in [0.25, 0.3) is 0 Å². The van der Waals surface area contributed by atoms with Gasteiger partial charge in [-0.3, -0.25) is 0 Å². The zero-order valence-corrected chi connectivity index (χ0v) is 5.89. The summed E-state index contributed by atoms with van der Waals surface area (Å²) in [6.45, 7) is 4.94. The molecule has 2 nitrogen and oxygen atoms in total. The lowest BCUT2D eigenvalue weighted by Gasteiger charge is -2.08. The van der Waals surface area contributed by atoms with E-state index in [-0.39, 0.29) is 0 Å². The molecule has 0 aromatic carbocycles. The first kappa shape index (κ1) is 8.48. The molecule has 0 fully saturated rings. The smallest absolute Gasteiger partial charge is 0.222 e. The Hall–Kier alpha value is -0.520. The van der Waals surface area contributed by atoms with Crippen LogP contribution < -0.4 is 0 Å². The first-order valence-electron chi connectivity index (χ1n) is 3.04. The molecule has 0 atom stereocenters. The van der Waals surface area contributed by atoms with Gasteiger partial charge in [-0.05, 0) is 19.8 Å². The van der Waals surface area contributed by atoms with Crippen LogP contribution in [0.2, 0.25) is 0 Å². The molecule has 0 aliphatic rings. The molecule has 0 saturated heterocycles. The van der Waals surface area contributed by atoms with Crippen molar-refractivity contribution in [2.45, 2.75) is 20.1 Å². The summed E-state index contributed by atoms with van der Waals surface area (Å²) in [6, 6.07) is 0. The van der Waals surface area contributed by atoms with E-state index in [4.69, 9.17) is 15.9 Å². The van der Waals surface area contributed by atoms with Gasteiger partial charge in [0, 0.05) is 13.2 Å². The lowest BCUT2D eigenvalue weighted by Crippen LogP contribution is -2.14. The van der Waals surface area contributed by atoms with E-state index in [0.29, 0.717) is 13.2 Å². The van der Waals surface area contributed by atoms with Crippen molar-refractivity contribution in [2.24, 2.45) is 0 Å². The predicted octanol–water partition coefficient (Wildman–Crippen LogP) is 1.02. The van der Waals surface area contributed by atoms with Crippen LogP contribution in [0.4, 0.5) is 0 Å². The van der Waals surface area contributed by atoms with Gasteiger partial charge in [0.1, 0.15) is 0 Å². The first-order valence-corrected chi connectivity index (χ1v) is 3.04. The first-order chi connectivity index (χ1) is 4.35. The minimum absolute atomic E-state index is 0.458. The van der Waals surface area contributed by atoms with E-state index >= 15 is 0 Å². The second-order valence-corrected chi connectivity index (χ2v) is 1.41. The van der Waals surface area contributed by atoms with E-state index in [0.717, 1.165) is 0 Å². The highest BCUT2D eigenvalue weighted by Gasteiger charge is 1.99. The van der Waals surface area contributed by atoms with Crippen molar-refractivity contribution in [2.75, 3.05) is 13.2 Å². The Kier molecular flexibility index (Phi) is 5.29. The number of hydrogen-bond acceptors (Lipinski definition) is 2. The number of hydrogen-bond donors (Lipinski definition) is 0. The summed E-state index contributed by atoms with van der Waals surface area (Å²) in [7, 11) is 0. The Balaban J connectivity index is 3.32. The fourth-order valence-electron chi connectivity index (χ4n) is 0.447. The number of terminal acetylenes is 1. The van der Waals surface area contributed by atoms with Crippen molar-refractivity contribution in [3.05, 3.63) is 0 Å². The van der Waals surface area contributed by atoms with Gasteiger partial charge in [-0.15, -0.1) is 6.42 Å². The molecule has 0 aromatic rings. The fraction of sp³-hybridized carbons (Fsp3) is 0.714. The molecule has 0 saturated carbocycles. The van der Waals surface area contributed by atoms with E-state index < -0.39 is 6.29 Å². The predicted molar refractivity (Wildman–Crippen MR) is 35.9 cm³/mol. The fourth-order valence-corrected chi connectivity index (χ4v) is 0.447. The summed E-state index contributed by atoms with van der Waals surface area (Å²) in [5.74, 6) is 2.36. The molecule has 0 radical (unpaired) electrons. The summed E-state index contributed by atoms with van der Waals surface area (Å²) in [5.41, 5.74) is 0. The Morgan fingerprint density at radius 2 is 1.78 bits per heavy atom. The second-order valence-electron chi connectivity index (χ2n) is 1.41. The van der Waals surface area contributed by atoms with Crippen molar-refractivity contribution in [3.8, 4) is 12.3 Å². The van der Waals surface area contributed by atoms with E-state index in [2.05, 4.69) is 5.92 Å². The molecule has 0 heterocycles. The highest BCUT2D eigenvalue weighted by atomic mass is 16.8. The van der Waals surface area contributed by atoms with Crippen LogP contribution in [0, 0.1) is 12.3 Å². The van der Waals surface area contributed by atoms with Gasteiger partial charge < -0.3 is 9.47 Å². The summed E-state index contributed by atoms with van der Waals surface area (Å²) in [6.07, 6.45) is 4.59. The zero-order valence-electron chi connectivity index (χ0n) is 5.89. The van der Waals surface area contributed by atoms with E-state index in [1.165, 1.54) is 0 Å². The molecule has 0 unspecified atom stereocenters. The van der Waals surface area contributed by atoms with Crippen molar-refractivity contribution < 1.29 is 9.47 Å². The molecule has 0 N–H and O–H groups in total. The standard InChI is InChI=1S/C7H12O2/c1-4-7(8-5-2)9-6-3/h1,7H,5-6H2,2-3H3/i7+1. The van der Waals surface area contributed by atoms with E-state index in [1.54, 1.807) is 0 Å². The van der Waals surface area contributed by atoms with E-state index in [9.17, 15) is 0 Å². The van der Waals surface area contributed by atoms with Gasteiger partial charge in [-0.2, -0.15) is 0 Å². The summed E-state index contributed by atoms with van der Waals surface area (Å²) < 4.78 is 9.95. The van der Waals surface area contributed by atoms with Gasteiger partial charge >= 0.3 is 0 Å². The van der Waals surface area contributed by atoms with Crippen LogP contribution in [0.5, 0.6) is 0 Å². The van der Waals surface area contributed by atoms with Gasteiger partial charge in [-0.25, -0.2) is 0 Å². The van der Waals surface area contributed by atoms with Crippen LogP contribution in [0.25, 0.3) is 0 Å². The molecule has 0 aliphatic carbocycles. The van der Waals surface area contributed by atoms with Crippen molar-refractivity contribution in [3.63, 3.8) is 0 Å². The lowest BCUT2D eigenvalue weighted by atomic mass is 10.8. The third-order valence-corrected chi connectivity index (χ3v) is 0.772. The maximum absolute atomic E-state index is 5.04. The molecule has 2 heteroatoms. The summed E-state index contributed by atoms with van der Waals surface area (Å²) >= 11 is 0. The van der Waals surface area contributed by atoms with Crippen molar-refractivity contribution in [1.82, 2.24) is 0 Å². The highest BCUT2D eigenvalue weighted by Crippen LogP contribution is 1.90. The van der Waals surface area contributed by atoms with Crippen LogP contribution in [0.15, 0.2) is 0 Å². The third kappa shape index (κ3) is 4.01. The topological polar surface area (TPSA) is 18.5 Å². The van der Waals surface area contributed by atoms with Crippen LogP contribution in [0.1, 0.15) is 13.8 Å². The Labute approximate surface area is 56.2 Å². The number of rotatable bonds is 4. The normalized spacial score (nSPS) is 9.56. The molecule has 0 spiro atoms. The lowest BCUT2D eigenvalue weighted by molar-refractivity contribution is -0.0969. The average Bonchev–Trinajstić information content (AvgIpc) is 1.88. The van der Waals surface area contributed by atoms with Crippen molar-refractivity contribution in [1.29, 1.82) is 0 Å². The minimum Gasteiger partial charge on any atom is -0.342 e. The highest BCUT2D eigenvalue weighted by molar-refractivity contribution is 4.88. The van der Waals surface area contributed by atoms with E-state index in [1.807, 2.05) is 13.8 Å². The summed E-state index contributed by atoms with van der Waals surface area (Å²) in [4.78, 5) is 0.